The predicted molar refractivity (Wildman–Crippen MR) is 105 cm³/mol. The molecular weight excluding hydrogens is 425 g/mol. The van der Waals surface area contributed by atoms with Crippen LogP contribution in [-0.2, 0) is 12.7 Å². The first-order chi connectivity index (χ1) is 13.7. The zero-order valence-electron chi connectivity index (χ0n) is 15.3. The Morgan fingerprint density at radius 2 is 2.07 bits per heavy atom. The Balaban J connectivity index is 1.86. The molecular formula is C19H16ClF3N4OS. The number of alkyl halides is 3. The van der Waals surface area contributed by atoms with Gasteiger partial charge in [0.2, 0.25) is 0 Å². The summed E-state index contributed by atoms with van der Waals surface area (Å²) in [6.07, 6.45) is -0.733. The van der Waals surface area contributed by atoms with Crippen LogP contribution in [0, 0.1) is 6.92 Å². The maximum absolute atomic E-state index is 13.0. The van der Waals surface area contributed by atoms with Gasteiger partial charge in [-0.25, -0.2) is 9.67 Å². The number of carbonyl (C=O) groups excluding carboxylic acids is 1. The summed E-state index contributed by atoms with van der Waals surface area (Å²) in [5.41, 5.74) is -0.0501. The van der Waals surface area contributed by atoms with Crippen molar-refractivity contribution in [1.82, 2.24) is 19.7 Å². The summed E-state index contributed by atoms with van der Waals surface area (Å²) in [7, 11) is 0. The third-order valence-electron chi connectivity index (χ3n) is 4.14. The van der Waals surface area contributed by atoms with Gasteiger partial charge in [0.1, 0.15) is 0 Å². The fraction of sp³-hybridized carbons (Fsp3) is 0.211. The second-order valence-corrected chi connectivity index (χ2v) is 7.94. The summed E-state index contributed by atoms with van der Waals surface area (Å²) in [5, 5.41) is 4.13. The lowest BCUT2D eigenvalue weighted by atomic mass is 10.2. The molecule has 3 aromatic rings. The van der Waals surface area contributed by atoms with Crippen LogP contribution >= 0.6 is 22.9 Å². The number of aromatic nitrogens is 3. The van der Waals surface area contributed by atoms with Gasteiger partial charge in [-0.3, -0.25) is 4.79 Å². The van der Waals surface area contributed by atoms with Crippen molar-refractivity contribution in [3.63, 3.8) is 0 Å². The van der Waals surface area contributed by atoms with Crippen molar-refractivity contribution in [3.05, 3.63) is 75.3 Å². The van der Waals surface area contributed by atoms with Crippen LogP contribution in [0.5, 0.6) is 0 Å². The van der Waals surface area contributed by atoms with Crippen LogP contribution in [-0.4, -0.2) is 32.1 Å². The van der Waals surface area contributed by atoms with Gasteiger partial charge >= 0.3 is 6.18 Å². The largest absolute Gasteiger partial charge is 0.417 e. The van der Waals surface area contributed by atoms with Gasteiger partial charge in [-0.2, -0.15) is 18.3 Å². The molecule has 10 heteroatoms. The summed E-state index contributed by atoms with van der Waals surface area (Å²) in [5.74, 6) is -0.0834. The molecule has 0 N–H and O–H groups in total. The van der Waals surface area contributed by atoms with E-state index < -0.39 is 11.7 Å². The fourth-order valence-electron chi connectivity index (χ4n) is 2.70. The Bertz CT molecular complexity index is 1030. The molecule has 152 valence electrons. The smallest absolute Gasteiger partial charge is 0.330 e. The number of thiophene rings is 1. The van der Waals surface area contributed by atoms with E-state index in [-0.39, 0.29) is 11.7 Å². The highest BCUT2D eigenvalue weighted by atomic mass is 35.5. The second-order valence-electron chi connectivity index (χ2n) is 6.14. The fourth-order valence-corrected chi connectivity index (χ4v) is 3.80. The highest BCUT2D eigenvalue weighted by Gasteiger charge is 2.31. The summed E-state index contributed by atoms with van der Waals surface area (Å²) in [4.78, 5) is 19.4. The van der Waals surface area contributed by atoms with Crippen LogP contribution < -0.4 is 0 Å². The molecule has 0 saturated carbocycles. The van der Waals surface area contributed by atoms with Gasteiger partial charge in [0.25, 0.3) is 5.91 Å². The first kappa shape index (κ1) is 21.1. The van der Waals surface area contributed by atoms with E-state index in [0.717, 1.165) is 17.1 Å². The molecule has 29 heavy (non-hydrogen) atoms. The Morgan fingerprint density at radius 3 is 2.62 bits per heavy atom. The minimum atomic E-state index is -4.47. The molecule has 0 fully saturated rings. The van der Waals surface area contributed by atoms with Gasteiger partial charge in [-0.15, -0.1) is 17.9 Å². The molecule has 0 spiro atoms. The van der Waals surface area contributed by atoms with Crippen LogP contribution in [0.2, 0.25) is 4.34 Å². The van der Waals surface area contributed by atoms with Crippen molar-refractivity contribution < 1.29 is 18.0 Å². The van der Waals surface area contributed by atoms with Crippen LogP contribution in [0.15, 0.2) is 49.3 Å². The van der Waals surface area contributed by atoms with Crippen LogP contribution in [0.25, 0.3) is 5.82 Å². The van der Waals surface area contributed by atoms with Gasteiger partial charge in [0.15, 0.2) is 5.82 Å². The summed E-state index contributed by atoms with van der Waals surface area (Å²) in [6.45, 7) is 6.02. The first-order valence-corrected chi connectivity index (χ1v) is 9.62. The van der Waals surface area contributed by atoms with Crippen LogP contribution in [0.4, 0.5) is 13.2 Å². The lowest BCUT2D eigenvalue weighted by Crippen LogP contribution is -2.30. The minimum absolute atomic E-state index is 0.190. The standard InChI is InChI=1S/C19H16ClF3N4OS/c1-3-8-26(11-14-5-6-16(20)29-14)18(28)15-10-25-27(12(15)2)17-7-4-13(9-24-17)19(21,22)23/h3-7,9-10H,1,8,11H2,2H3. The topological polar surface area (TPSA) is 51.0 Å². The number of halogens is 4. The number of hydrogen-bond acceptors (Lipinski definition) is 4. The van der Waals surface area contributed by atoms with Gasteiger partial charge in [0.05, 0.1) is 33.9 Å². The molecule has 3 rings (SSSR count). The third-order valence-corrected chi connectivity index (χ3v) is 5.36. The lowest BCUT2D eigenvalue weighted by molar-refractivity contribution is -0.137. The molecule has 0 atom stereocenters. The molecule has 0 aliphatic carbocycles. The molecule has 3 aromatic heterocycles. The first-order valence-electron chi connectivity index (χ1n) is 8.43. The predicted octanol–water partition coefficient (Wildman–Crippen LogP) is 5.14. The molecule has 0 aliphatic rings. The molecule has 0 saturated heterocycles. The normalized spacial score (nSPS) is 11.5. The zero-order valence-corrected chi connectivity index (χ0v) is 16.9. The van der Waals surface area contributed by atoms with E-state index in [1.807, 2.05) is 6.07 Å². The van der Waals surface area contributed by atoms with Crippen molar-refractivity contribution in [3.8, 4) is 5.82 Å². The molecule has 0 aliphatic heterocycles. The van der Waals surface area contributed by atoms with E-state index in [9.17, 15) is 18.0 Å². The minimum Gasteiger partial charge on any atom is -0.330 e. The molecule has 1 amide bonds. The van der Waals surface area contributed by atoms with Gasteiger partial charge < -0.3 is 4.90 Å². The molecule has 0 aromatic carbocycles. The average molecular weight is 441 g/mol. The van der Waals surface area contributed by atoms with Crippen molar-refractivity contribution in [1.29, 1.82) is 0 Å². The van der Waals surface area contributed by atoms with Crippen molar-refractivity contribution >= 4 is 28.8 Å². The Morgan fingerprint density at radius 1 is 1.31 bits per heavy atom. The second kappa shape index (κ2) is 8.38. The Labute approximate surface area is 174 Å². The number of hydrogen-bond donors (Lipinski definition) is 0. The quantitative estimate of drug-likeness (QED) is 0.499. The van der Waals surface area contributed by atoms with E-state index in [1.54, 1.807) is 24.0 Å². The van der Waals surface area contributed by atoms with Crippen molar-refractivity contribution in [2.45, 2.75) is 19.6 Å². The maximum atomic E-state index is 13.0. The SMILES string of the molecule is C=CCN(Cc1ccc(Cl)s1)C(=O)c1cnn(-c2ccc(C(F)(F)F)cn2)c1C. The Hall–Kier alpha value is -2.65. The monoisotopic (exact) mass is 440 g/mol. The number of nitrogens with zero attached hydrogens (tertiary/aromatic N) is 4. The third kappa shape index (κ3) is 4.68. The molecule has 0 unspecified atom stereocenters. The van der Waals surface area contributed by atoms with Crippen molar-refractivity contribution in [2.24, 2.45) is 0 Å². The molecule has 0 bridgehead atoms. The van der Waals surface area contributed by atoms with Gasteiger partial charge in [0, 0.05) is 17.6 Å². The van der Waals surface area contributed by atoms with E-state index in [2.05, 4.69) is 16.7 Å². The summed E-state index contributed by atoms with van der Waals surface area (Å²) in [6, 6.07) is 5.75. The highest BCUT2D eigenvalue weighted by Crippen LogP contribution is 2.29. The highest BCUT2D eigenvalue weighted by molar-refractivity contribution is 7.16. The number of rotatable bonds is 6. The maximum Gasteiger partial charge on any atom is 0.417 e. The van der Waals surface area contributed by atoms with E-state index in [1.165, 1.54) is 28.3 Å². The summed E-state index contributed by atoms with van der Waals surface area (Å²) < 4.78 is 40.1. The Kier molecular flexibility index (Phi) is 6.09. The van der Waals surface area contributed by atoms with E-state index in [4.69, 9.17) is 11.6 Å². The average Bonchev–Trinajstić information content (AvgIpc) is 3.25. The van der Waals surface area contributed by atoms with Crippen LogP contribution in [0.1, 0.15) is 26.5 Å². The van der Waals surface area contributed by atoms with Gasteiger partial charge in [-0.1, -0.05) is 17.7 Å². The lowest BCUT2D eigenvalue weighted by Gasteiger charge is -2.20. The number of amides is 1. The van der Waals surface area contributed by atoms with Gasteiger partial charge in [-0.05, 0) is 31.2 Å². The number of carbonyl (C=O) groups is 1. The molecule has 3 heterocycles. The molecule has 0 radical (unpaired) electrons. The van der Waals surface area contributed by atoms with E-state index in [0.29, 0.717) is 28.7 Å². The molecule has 5 nitrogen and oxygen atoms in total. The van der Waals surface area contributed by atoms with E-state index >= 15 is 0 Å². The van der Waals surface area contributed by atoms with Crippen LogP contribution in [0.3, 0.4) is 0 Å². The number of pyridine rings is 1. The van der Waals surface area contributed by atoms with Crippen molar-refractivity contribution in [2.75, 3.05) is 6.54 Å². The zero-order chi connectivity index (χ0) is 21.2. The summed E-state index contributed by atoms with van der Waals surface area (Å²) >= 11 is 7.34.